The van der Waals surface area contributed by atoms with E-state index in [-0.39, 0.29) is 0 Å². The molecule has 8 nitrogen and oxygen atoms in total. The summed E-state index contributed by atoms with van der Waals surface area (Å²) in [5.41, 5.74) is 7.82. The van der Waals surface area contributed by atoms with Crippen LogP contribution in [0.3, 0.4) is 0 Å². The molecular weight excluding hydrogens is 462 g/mol. The van der Waals surface area contributed by atoms with Crippen LogP contribution in [0.2, 0.25) is 0 Å². The fraction of sp³-hybridized carbons (Fsp3) is 0.379. The molecule has 0 radical (unpaired) electrons. The molecule has 2 aliphatic heterocycles. The zero-order valence-corrected chi connectivity index (χ0v) is 21.5. The zero-order valence-electron chi connectivity index (χ0n) is 21.5. The third kappa shape index (κ3) is 4.93. The average molecular weight is 496 g/mol. The van der Waals surface area contributed by atoms with Crippen LogP contribution in [-0.4, -0.2) is 53.0 Å². The highest BCUT2D eigenvalue weighted by Crippen LogP contribution is 2.33. The van der Waals surface area contributed by atoms with Gasteiger partial charge in [-0.2, -0.15) is 0 Å². The summed E-state index contributed by atoms with van der Waals surface area (Å²) in [6.07, 6.45) is 6.53. The van der Waals surface area contributed by atoms with E-state index < -0.39 is 0 Å². The number of ether oxygens (including phenoxy) is 1. The van der Waals surface area contributed by atoms with E-state index in [9.17, 15) is 0 Å². The molecule has 37 heavy (non-hydrogen) atoms. The highest BCUT2D eigenvalue weighted by Gasteiger charge is 2.21. The lowest BCUT2D eigenvalue weighted by atomic mass is 9.98. The van der Waals surface area contributed by atoms with Crippen LogP contribution in [0.1, 0.15) is 36.0 Å². The molecule has 2 aromatic heterocycles. The van der Waals surface area contributed by atoms with Crippen LogP contribution in [-0.2, 0) is 13.0 Å². The first-order valence-corrected chi connectivity index (χ1v) is 13.2. The van der Waals surface area contributed by atoms with Crippen molar-refractivity contribution in [3.05, 3.63) is 65.5 Å². The number of fused-ring (bicyclic) bond motifs is 2. The van der Waals surface area contributed by atoms with Crippen molar-refractivity contribution in [2.75, 3.05) is 37.0 Å². The van der Waals surface area contributed by atoms with Crippen LogP contribution in [0.5, 0.6) is 5.88 Å². The van der Waals surface area contributed by atoms with Crippen molar-refractivity contribution in [1.29, 1.82) is 0 Å². The number of benzene rings is 2. The van der Waals surface area contributed by atoms with E-state index in [1.807, 2.05) is 12.1 Å². The Bertz CT molecular complexity index is 1400. The Balaban J connectivity index is 1.27. The molecule has 1 saturated heterocycles. The first-order valence-electron chi connectivity index (χ1n) is 13.2. The van der Waals surface area contributed by atoms with Crippen molar-refractivity contribution in [3.8, 4) is 17.1 Å². The van der Waals surface area contributed by atoms with Gasteiger partial charge >= 0.3 is 0 Å². The Labute approximate surface area is 217 Å². The van der Waals surface area contributed by atoms with Crippen LogP contribution in [0, 0.1) is 6.92 Å². The first-order chi connectivity index (χ1) is 18.2. The van der Waals surface area contributed by atoms with Gasteiger partial charge in [0.1, 0.15) is 12.1 Å². The Kier molecular flexibility index (Phi) is 6.57. The van der Waals surface area contributed by atoms with Gasteiger partial charge in [-0.15, -0.1) is 10.2 Å². The summed E-state index contributed by atoms with van der Waals surface area (Å²) in [7, 11) is 1.59. The lowest BCUT2D eigenvalue weighted by Gasteiger charge is -2.31. The minimum atomic E-state index is 0.501. The maximum atomic E-state index is 5.17. The summed E-state index contributed by atoms with van der Waals surface area (Å²) in [4.78, 5) is 11.8. The Morgan fingerprint density at radius 3 is 2.81 bits per heavy atom. The maximum Gasteiger partial charge on any atom is 0.233 e. The number of nitrogens with zero attached hydrogens (tertiary/aromatic N) is 5. The van der Waals surface area contributed by atoms with Gasteiger partial charge < -0.3 is 20.3 Å². The molecule has 1 fully saturated rings. The zero-order chi connectivity index (χ0) is 25.2. The molecule has 2 aliphatic rings. The van der Waals surface area contributed by atoms with Crippen molar-refractivity contribution in [3.63, 3.8) is 0 Å². The van der Waals surface area contributed by atoms with Gasteiger partial charge in [-0.3, -0.25) is 0 Å². The normalized spacial score (nSPS) is 17.5. The predicted octanol–water partition coefficient (Wildman–Crippen LogP) is 4.52. The van der Waals surface area contributed by atoms with E-state index >= 15 is 0 Å². The Hall–Kier alpha value is -3.78. The van der Waals surface area contributed by atoms with Gasteiger partial charge in [0.25, 0.3) is 0 Å². The number of aryl methyl sites for hydroxylation is 1. The third-order valence-corrected chi connectivity index (χ3v) is 7.54. The second-order valence-corrected chi connectivity index (χ2v) is 10.0. The molecule has 2 N–H and O–H groups in total. The fourth-order valence-electron chi connectivity index (χ4n) is 5.50. The number of rotatable bonds is 6. The van der Waals surface area contributed by atoms with Crippen molar-refractivity contribution in [1.82, 2.24) is 25.5 Å². The van der Waals surface area contributed by atoms with E-state index in [2.05, 4.69) is 68.0 Å². The van der Waals surface area contributed by atoms with E-state index in [0.717, 1.165) is 66.1 Å². The second kappa shape index (κ2) is 10.3. The number of methoxy groups -OCH3 is 1. The Morgan fingerprint density at radius 2 is 2.00 bits per heavy atom. The molecular formula is C29H33N7O. The van der Waals surface area contributed by atoms with E-state index in [1.165, 1.54) is 36.1 Å². The average Bonchev–Trinajstić information content (AvgIpc) is 2.96. The molecule has 0 bridgehead atoms. The lowest BCUT2D eigenvalue weighted by Crippen LogP contribution is -2.39. The Morgan fingerprint density at radius 1 is 1.05 bits per heavy atom. The van der Waals surface area contributed by atoms with Crippen molar-refractivity contribution in [2.24, 2.45) is 0 Å². The topological polar surface area (TPSA) is 88.1 Å². The van der Waals surface area contributed by atoms with E-state index in [1.54, 1.807) is 13.4 Å². The minimum absolute atomic E-state index is 0.501. The lowest BCUT2D eigenvalue weighted by molar-refractivity contribution is 0.392. The highest BCUT2D eigenvalue weighted by atomic mass is 16.5. The van der Waals surface area contributed by atoms with Crippen LogP contribution in [0.25, 0.3) is 22.2 Å². The predicted molar refractivity (Wildman–Crippen MR) is 147 cm³/mol. The maximum absolute atomic E-state index is 5.17. The summed E-state index contributed by atoms with van der Waals surface area (Å²) < 4.78 is 5.17. The second-order valence-electron chi connectivity index (χ2n) is 10.0. The summed E-state index contributed by atoms with van der Waals surface area (Å²) in [6.45, 7) is 5.93. The largest absolute Gasteiger partial charge is 0.480 e. The number of nitrogens with one attached hydrogen (secondary N) is 2. The SMILES string of the molecule is COc1ccc(-c2cc(C)c3ncnc(N4CCc5ccc(NCC6CCCCN6)cc5C4)c3c2)nn1. The number of hydrogen-bond donors (Lipinski definition) is 2. The molecule has 0 saturated carbocycles. The molecule has 4 heterocycles. The van der Waals surface area contributed by atoms with Crippen LogP contribution < -0.4 is 20.3 Å². The van der Waals surface area contributed by atoms with Crippen molar-refractivity contribution < 1.29 is 4.74 Å². The van der Waals surface area contributed by atoms with Gasteiger partial charge in [0, 0.05) is 48.4 Å². The molecule has 8 heteroatoms. The molecule has 0 spiro atoms. The minimum Gasteiger partial charge on any atom is -0.480 e. The summed E-state index contributed by atoms with van der Waals surface area (Å²) >= 11 is 0. The van der Waals surface area contributed by atoms with Crippen LogP contribution in [0.15, 0.2) is 48.8 Å². The third-order valence-electron chi connectivity index (χ3n) is 7.54. The smallest absolute Gasteiger partial charge is 0.233 e. The molecule has 2 aromatic carbocycles. The monoisotopic (exact) mass is 495 g/mol. The number of anilines is 2. The quantitative estimate of drug-likeness (QED) is 0.404. The van der Waals surface area contributed by atoms with Crippen LogP contribution >= 0.6 is 0 Å². The van der Waals surface area contributed by atoms with Gasteiger partial charge in [0.15, 0.2) is 0 Å². The standard InChI is InChI=1S/C29H33N7O/c1-19-13-21(26-8-9-27(37-2)35-34-26)15-25-28(19)32-18-33-29(25)36-12-10-20-6-7-23(14-22(20)17-36)31-16-24-5-3-4-11-30-24/h6-9,13-15,18,24,30-31H,3-5,10-12,16-17H2,1-2H3. The molecule has 1 unspecified atom stereocenters. The van der Waals surface area contributed by atoms with Gasteiger partial charge in [-0.1, -0.05) is 12.5 Å². The van der Waals surface area contributed by atoms with Crippen molar-refractivity contribution >= 4 is 22.4 Å². The fourth-order valence-corrected chi connectivity index (χ4v) is 5.50. The van der Waals surface area contributed by atoms with Crippen LogP contribution in [0.4, 0.5) is 11.5 Å². The molecule has 1 atom stereocenters. The molecule has 4 aromatic rings. The van der Waals surface area contributed by atoms with Gasteiger partial charge in [0.2, 0.25) is 5.88 Å². The van der Waals surface area contributed by atoms with Gasteiger partial charge in [0.05, 0.1) is 18.3 Å². The van der Waals surface area contributed by atoms with Gasteiger partial charge in [-0.05, 0) is 79.8 Å². The number of aromatic nitrogens is 4. The molecule has 190 valence electrons. The molecule has 6 rings (SSSR count). The summed E-state index contributed by atoms with van der Waals surface area (Å²) in [6, 6.07) is 15.4. The number of piperidine rings is 1. The van der Waals surface area contributed by atoms with Gasteiger partial charge in [-0.25, -0.2) is 9.97 Å². The highest BCUT2D eigenvalue weighted by molar-refractivity contribution is 5.94. The summed E-state index contributed by atoms with van der Waals surface area (Å²) in [5, 5.41) is 16.8. The molecule has 0 amide bonds. The van der Waals surface area contributed by atoms with E-state index in [4.69, 9.17) is 9.72 Å². The summed E-state index contributed by atoms with van der Waals surface area (Å²) in [5.74, 6) is 1.47. The molecule has 0 aliphatic carbocycles. The van der Waals surface area contributed by atoms with E-state index in [0.29, 0.717) is 11.9 Å². The first kappa shape index (κ1) is 23.6. The number of hydrogen-bond acceptors (Lipinski definition) is 8. The van der Waals surface area contributed by atoms with Crippen molar-refractivity contribution in [2.45, 2.75) is 45.2 Å².